The van der Waals surface area contributed by atoms with Crippen LogP contribution in [0.1, 0.15) is 10.4 Å². The lowest BCUT2D eigenvalue weighted by molar-refractivity contribution is 0.0694. The molecule has 0 aliphatic carbocycles. The van der Waals surface area contributed by atoms with Crippen molar-refractivity contribution in [1.82, 2.24) is 0 Å². The van der Waals surface area contributed by atoms with Gasteiger partial charge in [-0.1, -0.05) is 0 Å². The zero-order valence-corrected chi connectivity index (χ0v) is 6.45. The molecule has 0 bridgehead atoms. The maximum Gasteiger partial charge on any atom is 0.339 e. The average molecular weight is 180 g/mol. The Labute approximate surface area is 72.4 Å². The molecule has 0 aliphatic heterocycles. The number of benzene rings is 1. The summed E-state index contributed by atoms with van der Waals surface area (Å²) in [6.07, 6.45) is 1.33. The van der Waals surface area contributed by atoms with E-state index in [1.165, 1.54) is 18.4 Å². The van der Waals surface area contributed by atoms with Gasteiger partial charge in [0.15, 0.2) is 0 Å². The van der Waals surface area contributed by atoms with Crippen molar-refractivity contribution in [3.8, 4) is 0 Å². The Morgan fingerprint density at radius 2 is 2.15 bits per heavy atom. The molecule has 0 unspecified atom stereocenters. The van der Waals surface area contributed by atoms with E-state index in [1.54, 1.807) is 0 Å². The van der Waals surface area contributed by atoms with E-state index in [1.807, 2.05) is 0 Å². The lowest BCUT2D eigenvalue weighted by Gasteiger charge is -1.97. The largest absolute Gasteiger partial charge is 0.478 e. The molecule has 0 radical (unpaired) electrons. The van der Waals surface area contributed by atoms with Crippen molar-refractivity contribution in [1.29, 1.82) is 0 Å². The molecule has 4 heteroatoms. The summed E-state index contributed by atoms with van der Waals surface area (Å²) in [5.41, 5.74) is 0.0325. The molecular formula is C9H5FO3. The van der Waals surface area contributed by atoms with Gasteiger partial charge >= 0.3 is 5.97 Å². The summed E-state index contributed by atoms with van der Waals surface area (Å²) in [6, 6.07) is 3.91. The standard InChI is InChI=1S/C9H5FO3/c10-6-1-2-7-5(3-4-13-7)8(6)9(11)12/h1-4H,(H,11,12). The number of hydrogen-bond acceptors (Lipinski definition) is 2. The van der Waals surface area contributed by atoms with Crippen molar-refractivity contribution in [2.24, 2.45) is 0 Å². The quantitative estimate of drug-likeness (QED) is 0.732. The fourth-order valence-electron chi connectivity index (χ4n) is 1.23. The summed E-state index contributed by atoms with van der Waals surface area (Å²) >= 11 is 0. The molecule has 1 heterocycles. The molecule has 3 nitrogen and oxygen atoms in total. The van der Waals surface area contributed by atoms with Crippen LogP contribution in [0, 0.1) is 5.82 Å². The van der Waals surface area contributed by atoms with Gasteiger partial charge in [-0.3, -0.25) is 0 Å². The molecule has 2 aromatic rings. The molecule has 1 N–H and O–H groups in total. The maximum absolute atomic E-state index is 13.0. The van der Waals surface area contributed by atoms with Crippen molar-refractivity contribution in [3.05, 3.63) is 35.8 Å². The predicted molar refractivity (Wildman–Crippen MR) is 43.1 cm³/mol. The van der Waals surface area contributed by atoms with Crippen LogP contribution in [-0.4, -0.2) is 11.1 Å². The zero-order chi connectivity index (χ0) is 9.42. The lowest BCUT2D eigenvalue weighted by atomic mass is 10.1. The van der Waals surface area contributed by atoms with Gasteiger partial charge in [0.2, 0.25) is 0 Å². The number of carboxylic acids is 1. The molecule has 0 fully saturated rings. The minimum absolute atomic E-state index is 0.285. The van der Waals surface area contributed by atoms with Crippen LogP contribution in [0.4, 0.5) is 4.39 Å². The Kier molecular flexibility index (Phi) is 1.55. The van der Waals surface area contributed by atoms with Gasteiger partial charge in [0, 0.05) is 5.39 Å². The first-order valence-electron chi connectivity index (χ1n) is 3.59. The van der Waals surface area contributed by atoms with Gasteiger partial charge in [-0.05, 0) is 18.2 Å². The highest BCUT2D eigenvalue weighted by molar-refractivity contribution is 6.02. The molecule has 0 aliphatic rings. The van der Waals surface area contributed by atoms with Crippen LogP contribution < -0.4 is 0 Å². The van der Waals surface area contributed by atoms with E-state index in [0.717, 1.165) is 6.07 Å². The molecule has 13 heavy (non-hydrogen) atoms. The van der Waals surface area contributed by atoms with E-state index in [9.17, 15) is 9.18 Å². The van der Waals surface area contributed by atoms with Crippen LogP contribution in [-0.2, 0) is 0 Å². The molecule has 1 aromatic heterocycles. The predicted octanol–water partition coefficient (Wildman–Crippen LogP) is 2.27. The summed E-state index contributed by atoms with van der Waals surface area (Å²) in [7, 11) is 0. The Bertz CT molecular complexity index is 473. The second-order valence-electron chi connectivity index (χ2n) is 2.56. The second-order valence-corrected chi connectivity index (χ2v) is 2.56. The van der Waals surface area contributed by atoms with Gasteiger partial charge in [-0.25, -0.2) is 9.18 Å². The van der Waals surface area contributed by atoms with Crippen LogP contribution in [0.2, 0.25) is 0 Å². The first-order valence-corrected chi connectivity index (χ1v) is 3.59. The van der Waals surface area contributed by atoms with Crippen molar-refractivity contribution >= 4 is 16.9 Å². The molecule has 1 aromatic carbocycles. The molecule has 0 atom stereocenters. The molecule has 0 amide bonds. The molecule has 2 rings (SSSR count). The topological polar surface area (TPSA) is 50.4 Å². The third kappa shape index (κ3) is 1.07. The number of hydrogen-bond donors (Lipinski definition) is 1. The van der Waals surface area contributed by atoms with E-state index in [4.69, 9.17) is 9.52 Å². The van der Waals surface area contributed by atoms with E-state index >= 15 is 0 Å². The average Bonchev–Trinajstić information content (AvgIpc) is 2.50. The van der Waals surface area contributed by atoms with Crippen molar-refractivity contribution in [3.63, 3.8) is 0 Å². The smallest absolute Gasteiger partial charge is 0.339 e. The van der Waals surface area contributed by atoms with Gasteiger partial charge in [-0.2, -0.15) is 0 Å². The monoisotopic (exact) mass is 180 g/mol. The molecule has 66 valence electrons. The van der Waals surface area contributed by atoms with E-state index in [0.29, 0.717) is 5.58 Å². The molecular weight excluding hydrogens is 175 g/mol. The van der Waals surface area contributed by atoms with E-state index < -0.39 is 11.8 Å². The summed E-state index contributed by atoms with van der Waals surface area (Å²) in [5, 5.41) is 8.99. The van der Waals surface area contributed by atoms with Gasteiger partial charge < -0.3 is 9.52 Å². The highest BCUT2D eigenvalue weighted by Gasteiger charge is 2.15. The fourth-order valence-corrected chi connectivity index (χ4v) is 1.23. The van der Waals surface area contributed by atoms with Crippen LogP contribution in [0.3, 0.4) is 0 Å². The van der Waals surface area contributed by atoms with Gasteiger partial charge in [0.25, 0.3) is 0 Å². The summed E-state index contributed by atoms with van der Waals surface area (Å²) in [5.74, 6) is -2.04. The normalized spacial score (nSPS) is 10.5. The third-order valence-electron chi connectivity index (χ3n) is 1.80. The van der Waals surface area contributed by atoms with Crippen LogP contribution in [0.25, 0.3) is 11.0 Å². The number of carbonyl (C=O) groups is 1. The van der Waals surface area contributed by atoms with E-state index in [2.05, 4.69) is 0 Å². The summed E-state index contributed by atoms with van der Waals surface area (Å²) in [4.78, 5) is 10.7. The summed E-state index contributed by atoms with van der Waals surface area (Å²) in [6.45, 7) is 0. The first kappa shape index (κ1) is 7.79. The Morgan fingerprint density at radius 1 is 1.38 bits per heavy atom. The number of fused-ring (bicyclic) bond motifs is 1. The van der Waals surface area contributed by atoms with Crippen molar-refractivity contribution < 1.29 is 18.7 Å². The number of carboxylic acid groups (broad SMARTS) is 1. The Morgan fingerprint density at radius 3 is 2.85 bits per heavy atom. The van der Waals surface area contributed by atoms with Gasteiger partial charge in [0.1, 0.15) is 17.0 Å². The van der Waals surface area contributed by atoms with Crippen molar-refractivity contribution in [2.45, 2.75) is 0 Å². The second kappa shape index (κ2) is 2.58. The lowest BCUT2D eigenvalue weighted by Crippen LogP contribution is -2.00. The van der Waals surface area contributed by atoms with Crippen LogP contribution in [0.5, 0.6) is 0 Å². The zero-order valence-electron chi connectivity index (χ0n) is 6.45. The molecule has 0 saturated heterocycles. The molecule has 0 saturated carbocycles. The molecule has 0 spiro atoms. The number of furan rings is 1. The SMILES string of the molecule is O=C(O)c1c(F)ccc2occc12. The minimum atomic E-state index is -1.29. The summed E-state index contributed by atoms with van der Waals surface area (Å²) < 4.78 is 18.0. The van der Waals surface area contributed by atoms with E-state index in [-0.39, 0.29) is 10.9 Å². The minimum Gasteiger partial charge on any atom is -0.478 e. The van der Waals surface area contributed by atoms with Crippen LogP contribution in [0.15, 0.2) is 28.9 Å². The van der Waals surface area contributed by atoms with Gasteiger partial charge in [-0.15, -0.1) is 0 Å². The number of halogens is 1. The Hall–Kier alpha value is -1.84. The first-order chi connectivity index (χ1) is 6.20. The number of rotatable bonds is 1. The van der Waals surface area contributed by atoms with Crippen molar-refractivity contribution in [2.75, 3.05) is 0 Å². The van der Waals surface area contributed by atoms with Crippen LogP contribution >= 0.6 is 0 Å². The maximum atomic E-state index is 13.0. The third-order valence-corrected chi connectivity index (χ3v) is 1.80. The highest BCUT2D eigenvalue weighted by Crippen LogP contribution is 2.22. The highest BCUT2D eigenvalue weighted by atomic mass is 19.1. The fraction of sp³-hybridized carbons (Fsp3) is 0. The Balaban J connectivity index is 2.88. The van der Waals surface area contributed by atoms with Gasteiger partial charge in [0.05, 0.1) is 6.26 Å². The number of aromatic carboxylic acids is 1.